The number of methoxy groups -OCH3 is 1. The number of rotatable bonds is 9. The molecule has 102 valence electrons. The predicted octanol–water partition coefficient (Wildman–Crippen LogP) is 3.13. The Balaban J connectivity index is 4.18. The molecular formula is C14H29NO2. The normalized spacial score (nSPS) is 16.3. The minimum atomic E-state index is -0.165. The van der Waals surface area contributed by atoms with Crippen LogP contribution in [0.3, 0.4) is 0 Å². The zero-order chi connectivity index (χ0) is 13.3. The van der Waals surface area contributed by atoms with Gasteiger partial charge in [0.1, 0.15) is 6.04 Å². The summed E-state index contributed by atoms with van der Waals surface area (Å²) in [7, 11) is 1.46. The van der Waals surface area contributed by atoms with Crippen molar-refractivity contribution in [2.75, 3.05) is 7.11 Å². The van der Waals surface area contributed by atoms with E-state index in [1.807, 2.05) is 0 Å². The van der Waals surface area contributed by atoms with Crippen LogP contribution in [-0.4, -0.2) is 25.2 Å². The van der Waals surface area contributed by atoms with Crippen LogP contribution in [0.5, 0.6) is 0 Å². The van der Waals surface area contributed by atoms with E-state index in [-0.39, 0.29) is 12.0 Å². The molecule has 17 heavy (non-hydrogen) atoms. The summed E-state index contributed by atoms with van der Waals surface area (Å²) in [5, 5.41) is 3.40. The fraction of sp³-hybridized carbons (Fsp3) is 0.929. The molecule has 0 saturated heterocycles. The zero-order valence-electron chi connectivity index (χ0n) is 12.1. The summed E-state index contributed by atoms with van der Waals surface area (Å²) < 4.78 is 4.86. The molecule has 3 unspecified atom stereocenters. The van der Waals surface area contributed by atoms with Crippen molar-refractivity contribution in [2.24, 2.45) is 5.92 Å². The molecule has 0 bridgehead atoms. The summed E-state index contributed by atoms with van der Waals surface area (Å²) in [6, 6.07) is 0.210. The lowest BCUT2D eigenvalue weighted by Gasteiger charge is -2.25. The first-order chi connectivity index (χ1) is 8.06. The Labute approximate surface area is 106 Å². The Kier molecular flexibility index (Phi) is 9.14. The van der Waals surface area contributed by atoms with Crippen LogP contribution in [0.25, 0.3) is 0 Å². The van der Waals surface area contributed by atoms with E-state index >= 15 is 0 Å². The average Bonchev–Trinajstić information content (AvgIpc) is 2.34. The van der Waals surface area contributed by atoms with Gasteiger partial charge in [-0.05, 0) is 19.3 Å². The molecule has 0 aliphatic heterocycles. The van der Waals surface area contributed by atoms with Crippen LogP contribution in [0.1, 0.15) is 59.8 Å². The van der Waals surface area contributed by atoms with Gasteiger partial charge < -0.3 is 10.1 Å². The van der Waals surface area contributed by atoms with Crippen molar-refractivity contribution < 1.29 is 9.53 Å². The van der Waals surface area contributed by atoms with Crippen LogP contribution in [0.15, 0.2) is 0 Å². The molecule has 0 aliphatic carbocycles. The van der Waals surface area contributed by atoms with Crippen LogP contribution in [-0.2, 0) is 9.53 Å². The smallest absolute Gasteiger partial charge is 0.323 e. The van der Waals surface area contributed by atoms with E-state index < -0.39 is 0 Å². The fourth-order valence-electron chi connectivity index (χ4n) is 1.92. The minimum Gasteiger partial charge on any atom is -0.468 e. The largest absolute Gasteiger partial charge is 0.468 e. The molecule has 0 saturated carbocycles. The Morgan fingerprint density at radius 3 is 2.35 bits per heavy atom. The predicted molar refractivity (Wildman–Crippen MR) is 72.0 cm³/mol. The van der Waals surface area contributed by atoms with Gasteiger partial charge in [-0.2, -0.15) is 0 Å². The molecule has 3 atom stereocenters. The Bertz CT molecular complexity index is 206. The second kappa shape index (κ2) is 9.46. The summed E-state index contributed by atoms with van der Waals surface area (Å²) >= 11 is 0. The van der Waals surface area contributed by atoms with E-state index in [1.54, 1.807) is 0 Å². The van der Waals surface area contributed by atoms with Crippen LogP contribution < -0.4 is 5.32 Å². The quantitative estimate of drug-likeness (QED) is 0.499. The number of hydrogen-bond donors (Lipinski definition) is 1. The van der Waals surface area contributed by atoms with Gasteiger partial charge in [0.2, 0.25) is 0 Å². The van der Waals surface area contributed by atoms with Crippen molar-refractivity contribution >= 4 is 5.97 Å². The first-order valence-corrected chi connectivity index (χ1v) is 6.90. The molecule has 3 nitrogen and oxygen atoms in total. The van der Waals surface area contributed by atoms with Gasteiger partial charge in [-0.1, -0.05) is 46.5 Å². The lowest BCUT2D eigenvalue weighted by molar-refractivity contribution is -0.144. The third-order valence-electron chi connectivity index (χ3n) is 3.37. The monoisotopic (exact) mass is 243 g/mol. The maximum Gasteiger partial charge on any atom is 0.323 e. The maximum atomic E-state index is 11.7. The first-order valence-electron chi connectivity index (χ1n) is 6.90. The molecule has 0 aromatic carbocycles. The molecule has 0 aromatic heterocycles. The van der Waals surface area contributed by atoms with Crippen molar-refractivity contribution in [3.8, 4) is 0 Å². The van der Waals surface area contributed by atoms with Crippen LogP contribution in [0.2, 0.25) is 0 Å². The molecule has 0 rings (SSSR count). The van der Waals surface area contributed by atoms with Gasteiger partial charge in [-0.25, -0.2) is 0 Å². The van der Waals surface area contributed by atoms with E-state index in [9.17, 15) is 4.79 Å². The molecule has 0 spiro atoms. The summed E-state index contributed by atoms with van der Waals surface area (Å²) in [5.41, 5.74) is 0. The number of nitrogens with one attached hydrogen (secondary N) is 1. The molecule has 0 aromatic rings. The number of esters is 1. The second-order valence-electron chi connectivity index (χ2n) is 4.95. The van der Waals surface area contributed by atoms with Gasteiger partial charge in [0.15, 0.2) is 0 Å². The van der Waals surface area contributed by atoms with Crippen molar-refractivity contribution in [3.63, 3.8) is 0 Å². The Morgan fingerprint density at radius 2 is 1.88 bits per heavy atom. The molecule has 0 heterocycles. The Hall–Kier alpha value is -0.570. The van der Waals surface area contributed by atoms with E-state index in [0.717, 1.165) is 12.8 Å². The standard InChI is InChI=1S/C14H29NO2/c1-6-8-9-10-12(4)15-13(11(3)7-2)14(16)17-5/h11-13,15H,6-10H2,1-5H3. The zero-order valence-corrected chi connectivity index (χ0v) is 12.1. The van der Waals surface area contributed by atoms with Crippen molar-refractivity contribution in [1.29, 1.82) is 0 Å². The lowest BCUT2D eigenvalue weighted by Crippen LogP contribution is -2.46. The molecule has 3 heteroatoms. The third kappa shape index (κ3) is 6.67. The Morgan fingerprint density at radius 1 is 1.24 bits per heavy atom. The minimum absolute atomic E-state index is 0.137. The van der Waals surface area contributed by atoms with Crippen LogP contribution >= 0.6 is 0 Å². The van der Waals surface area contributed by atoms with Crippen molar-refractivity contribution in [3.05, 3.63) is 0 Å². The van der Waals surface area contributed by atoms with Gasteiger partial charge in [0, 0.05) is 6.04 Å². The fourth-order valence-corrected chi connectivity index (χ4v) is 1.92. The van der Waals surface area contributed by atoms with Crippen molar-refractivity contribution in [2.45, 2.75) is 71.9 Å². The first kappa shape index (κ1) is 16.4. The summed E-state index contributed by atoms with van der Waals surface area (Å²) in [6.07, 6.45) is 5.82. The van der Waals surface area contributed by atoms with Crippen molar-refractivity contribution in [1.82, 2.24) is 5.32 Å². The third-order valence-corrected chi connectivity index (χ3v) is 3.37. The molecule has 0 radical (unpaired) electrons. The van der Waals surface area contributed by atoms with Gasteiger partial charge in [0.25, 0.3) is 0 Å². The molecule has 1 N–H and O–H groups in total. The number of carbonyl (C=O) groups is 1. The average molecular weight is 243 g/mol. The number of hydrogen-bond acceptors (Lipinski definition) is 3. The van der Waals surface area contributed by atoms with Crippen LogP contribution in [0.4, 0.5) is 0 Å². The van der Waals surface area contributed by atoms with E-state index in [2.05, 4.69) is 33.0 Å². The van der Waals surface area contributed by atoms with Gasteiger partial charge in [-0.3, -0.25) is 4.79 Å². The molecule has 0 amide bonds. The topological polar surface area (TPSA) is 38.3 Å². The van der Waals surface area contributed by atoms with Gasteiger partial charge >= 0.3 is 5.97 Å². The van der Waals surface area contributed by atoms with E-state index in [4.69, 9.17) is 4.74 Å². The lowest BCUT2D eigenvalue weighted by atomic mass is 9.97. The van der Waals surface area contributed by atoms with E-state index in [0.29, 0.717) is 12.0 Å². The summed E-state index contributed by atoms with van der Waals surface area (Å²) in [5.74, 6) is 0.178. The van der Waals surface area contributed by atoms with Gasteiger partial charge in [-0.15, -0.1) is 0 Å². The highest BCUT2D eigenvalue weighted by atomic mass is 16.5. The van der Waals surface area contributed by atoms with E-state index in [1.165, 1.54) is 26.4 Å². The molecule has 0 aliphatic rings. The molecule has 0 fully saturated rings. The SMILES string of the molecule is CCCCCC(C)NC(C(=O)OC)C(C)CC. The number of carbonyl (C=O) groups excluding carboxylic acids is 1. The van der Waals surface area contributed by atoms with Gasteiger partial charge in [0.05, 0.1) is 7.11 Å². The number of unbranched alkanes of at least 4 members (excludes halogenated alkanes) is 2. The number of ether oxygens (including phenoxy) is 1. The second-order valence-corrected chi connectivity index (χ2v) is 4.95. The summed E-state index contributed by atoms with van der Waals surface area (Å²) in [4.78, 5) is 11.7. The highest BCUT2D eigenvalue weighted by molar-refractivity contribution is 5.76. The maximum absolute atomic E-state index is 11.7. The van der Waals surface area contributed by atoms with Crippen LogP contribution in [0, 0.1) is 5.92 Å². The summed E-state index contributed by atoms with van der Waals surface area (Å²) in [6.45, 7) is 8.54. The molecular weight excluding hydrogens is 214 g/mol. The highest BCUT2D eigenvalue weighted by Crippen LogP contribution is 2.12. The highest BCUT2D eigenvalue weighted by Gasteiger charge is 2.25.